The van der Waals surface area contributed by atoms with E-state index in [1.165, 1.54) is 0 Å². The Hall–Kier alpha value is -3.12. The highest BCUT2D eigenvalue weighted by atomic mass is 32.2. The van der Waals surface area contributed by atoms with Gasteiger partial charge < -0.3 is 4.57 Å². The lowest BCUT2D eigenvalue weighted by Crippen LogP contribution is -2.13. The molecule has 1 aromatic heterocycles. The molecule has 1 heterocycles. The van der Waals surface area contributed by atoms with Crippen LogP contribution in [0.3, 0.4) is 0 Å². The minimum atomic E-state index is -3.61. The minimum absolute atomic E-state index is 0.268. The van der Waals surface area contributed by atoms with Crippen LogP contribution in [0, 0.1) is 6.92 Å². The normalized spacial score (nSPS) is 11.7. The number of sulfonamides is 1. The molecule has 5 nitrogen and oxygen atoms in total. The molecular weight excluding hydrogens is 394 g/mol. The van der Waals surface area contributed by atoms with Gasteiger partial charge in [0, 0.05) is 18.7 Å². The lowest BCUT2D eigenvalue weighted by Gasteiger charge is -2.10. The van der Waals surface area contributed by atoms with Gasteiger partial charge in [0.15, 0.2) is 0 Å². The van der Waals surface area contributed by atoms with Crippen molar-refractivity contribution >= 4 is 26.7 Å². The van der Waals surface area contributed by atoms with Gasteiger partial charge >= 0.3 is 0 Å². The van der Waals surface area contributed by atoms with Crippen LogP contribution in [-0.4, -0.2) is 18.0 Å². The summed E-state index contributed by atoms with van der Waals surface area (Å²) in [6, 6.07) is 22.6. The van der Waals surface area contributed by atoms with E-state index in [9.17, 15) is 8.42 Å². The molecule has 0 spiro atoms. The number of aromatic nitrogens is 2. The van der Waals surface area contributed by atoms with Gasteiger partial charge in [-0.05, 0) is 67.8 Å². The molecule has 0 bridgehead atoms. The first-order valence-electron chi connectivity index (χ1n) is 10.1. The van der Waals surface area contributed by atoms with Crippen LogP contribution in [0.5, 0.6) is 0 Å². The molecule has 0 unspecified atom stereocenters. The molecule has 0 aliphatic carbocycles. The van der Waals surface area contributed by atoms with Crippen LogP contribution in [-0.2, 0) is 29.4 Å². The summed E-state index contributed by atoms with van der Waals surface area (Å²) in [7, 11) is -3.61. The van der Waals surface area contributed by atoms with Gasteiger partial charge in [0.1, 0.15) is 5.82 Å². The Morgan fingerprint density at radius 3 is 2.53 bits per heavy atom. The third-order valence-electron chi connectivity index (χ3n) is 5.17. The lowest BCUT2D eigenvalue weighted by molar-refractivity contribution is 0.601. The maximum atomic E-state index is 12.7. The number of hydrogen-bond donors (Lipinski definition) is 1. The maximum Gasteiger partial charge on any atom is 0.261 e. The Morgan fingerprint density at radius 2 is 1.73 bits per heavy atom. The quantitative estimate of drug-likeness (QED) is 0.461. The highest BCUT2D eigenvalue weighted by Crippen LogP contribution is 2.20. The van der Waals surface area contributed by atoms with Crippen LogP contribution >= 0.6 is 0 Å². The number of nitrogens with one attached hydrogen (secondary N) is 1. The molecule has 0 saturated carbocycles. The Bertz CT molecular complexity index is 1290. The Morgan fingerprint density at radius 1 is 0.933 bits per heavy atom. The van der Waals surface area contributed by atoms with E-state index in [4.69, 9.17) is 4.98 Å². The average Bonchev–Trinajstić information content (AvgIpc) is 3.10. The van der Waals surface area contributed by atoms with Gasteiger partial charge in [-0.1, -0.05) is 36.4 Å². The number of fused-ring (bicyclic) bond motifs is 1. The van der Waals surface area contributed by atoms with E-state index < -0.39 is 10.0 Å². The van der Waals surface area contributed by atoms with Crippen molar-refractivity contribution in [3.8, 4) is 0 Å². The molecule has 0 aliphatic heterocycles. The van der Waals surface area contributed by atoms with Crippen LogP contribution in [0.15, 0.2) is 77.7 Å². The number of anilines is 1. The first kappa shape index (κ1) is 20.2. The monoisotopic (exact) mass is 419 g/mol. The molecule has 30 heavy (non-hydrogen) atoms. The van der Waals surface area contributed by atoms with Crippen molar-refractivity contribution in [3.05, 3.63) is 89.7 Å². The van der Waals surface area contributed by atoms with Gasteiger partial charge in [-0.25, -0.2) is 13.4 Å². The molecule has 0 amide bonds. The third-order valence-corrected chi connectivity index (χ3v) is 6.55. The van der Waals surface area contributed by atoms with Crippen molar-refractivity contribution in [2.75, 3.05) is 4.72 Å². The molecule has 154 valence electrons. The highest BCUT2D eigenvalue weighted by Gasteiger charge is 2.15. The van der Waals surface area contributed by atoms with E-state index in [2.05, 4.69) is 22.3 Å². The van der Waals surface area contributed by atoms with Crippen molar-refractivity contribution < 1.29 is 8.42 Å². The first-order valence-corrected chi connectivity index (χ1v) is 11.6. The zero-order valence-corrected chi connectivity index (χ0v) is 18.0. The Kier molecular flexibility index (Phi) is 5.59. The average molecular weight is 420 g/mol. The summed E-state index contributed by atoms with van der Waals surface area (Å²) in [5.74, 6) is 1.05. The van der Waals surface area contributed by atoms with Gasteiger partial charge in [0.25, 0.3) is 10.0 Å². The summed E-state index contributed by atoms with van der Waals surface area (Å²) >= 11 is 0. The van der Waals surface area contributed by atoms with Crippen LogP contribution in [0.25, 0.3) is 11.0 Å². The van der Waals surface area contributed by atoms with Gasteiger partial charge in [0.05, 0.1) is 15.9 Å². The molecule has 3 aromatic carbocycles. The summed E-state index contributed by atoms with van der Waals surface area (Å²) in [5.41, 5.74) is 4.70. The number of benzene rings is 3. The molecule has 0 saturated heterocycles. The second kappa shape index (κ2) is 8.32. The predicted molar refractivity (Wildman–Crippen MR) is 121 cm³/mol. The Balaban J connectivity index is 1.52. The molecule has 4 rings (SSSR count). The summed E-state index contributed by atoms with van der Waals surface area (Å²) < 4.78 is 30.3. The van der Waals surface area contributed by atoms with Crippen LogP contribution < -0.4 is 4.72 Å². The zero-order chi connectivity index (χ0) is 21.1. The van der Waals surface area contributed by atoms with Gasteiger partial charge in [-0.15, -0.1) is 0 Å². The largest absolute Gasteiger partial charge is 0.328 e. The zero-order valence-electron chi connectivity index (χ0n) is 17.2. The van der Waals surface area contributed by atoms with Gasteiger partial charge in [-0.2, -0.15) is 0 Å². The van der Waals surface area contributed by atoms with E-state index in [0.717, 1.165) is 47.4 Å². The lowest BCUT2D eigenvalue weighted by atomic mass is 10.1. The summed E-state index contributed by atoms with van der Waals surface area (Å²) in [4.78, 5) is 5.05. The molecule has 1 N–H and O–H groups in total. The Labute approximate surface area is 177 Å². The van der Waals surface area contributed by atoms with Crippen molar-refractivity contribution in [2.24, 2.45) is 0 Å². The molecule has 0 atom stereocenters. The summed E-state index contributed by atoms with van der Waals surface area (Å²) in [6.45, 7) is 4.87. The number of nitrogens with zero attached hydrogens (tertiary/aromatic N) is 2. The van der Waals surface area contributed by atoms with Crippen LogP contribution in [0.1, 0.15) is 23.9 Å². The van der Waals surface area contributed by atoms with Crippen molar-refractivity contribution in [3.63, 3.8) is 0 Å². The van der Waals surface area contributed by atoms with Crippen molar-refractivity contribution in [2.45, 2.75) is 38.1 Å². The van der Waals surface area contributed by atoms with E-state index in [-0.39, 0.29) is 4.90 Å². The fourth-order valence-electron chi connectivity index (χ4n) is 3.71. The predicted octanol–water partition coefficient (Wildman–Crippen LogP) is 4.95. The molecular formula is C24H25N3O2S. The van der Waals surface area contributed by atoms with E-state index in [0.29, 0.717) is 5.69 Å². The smallest absolute Gasteiger partial charge is 0.261 e. The van der Waals surface area contributed by atoms with Crippen LogP contribution in [0.4, 0.5) is 5.69 Å². The number of imidazole rings is 1. The number of hydrogen-bond acceptors (Lipinski definition) is 3. The SMILES string of the molecule is CCn1c(CCc2cccc(NS(=O)(=O)c3cccc(C)c3)c2)nc2ccccc21. The second-order valence-corrected chi connectivity index (χ2v) is 9.07. The second-order valence-electron chi connectivity index (χ2n) is 7.38. The van der Waals surface area contributed by atoms with E-state index >= 15 is 0 Å². The number of rotatable bonds is 7. The molecule has 0 radical (unpaired) electrons. The van der Waals surface area contributed by atoms with Crippen molar-refractivity contribution in [1.82, 2.24) is 9.55 Å². The summed E-state index contributed by atoms with van der Waals surface area (Å²) in [5, 5.41) is 0. The summed E-state index contributed by atoms with van der Waals surface area (Å²) in [6.07, 6.45) is 1.57. The van der Waals surface area contributed by atoms with E-state index in [1.54, 1.807) is 24.3 Å². The molecule has 0 fully saturated rings. The third kappa shape index (κ3) is 4.24. The first-order chi connectivity index (χ1) is 14.5. The number of para-hydroxylation sites is 2. The number of aryl methyl sites for hydroxylation is 4. The van der Waals surface area contributed by atoms with Gasteiger partial charge in [0.2, 0.25) is 0 Å². The highest BCUT2D eigenvalue weighted by molar-refractivity contribution is 7.92. The fourth-order valence-corrected chi connectivity index (χ4v) is 4.87. The molecule has 6 heteroatoms. The van der Waals surface area contributed by atoms with E-state index in [1.807, 2.05) is 49.4 Å². The molecule has 4 aromatic rings. The van der Waals surface area contributed by atoms with Gasteiger partial charge in [-0.3, -0.25) is 4.72 Å². The minimum Gasteiger partial charge on any atom is -0.328 e. The molecule has 0 aliphatic rings. The standard InChI is InChI=1S/C24H25N3O2S/c1-3-27-23-13-5-4-12-22(23)25-24(27)15-14-19-9-7-10-20(17-19)26-30(28,29)21-11-6-8-18(2)16-21/h4-13,16-17,26H,3,14-15H2,1-2H3. The maximum absolute atomic E-state index is 12.7. The van der Waals surface area contributed by atoms with Crippen LogP contribution in [0.2, 0.25) is 0 Å². The van der Waals surface area contributed by atoms with Crippen molar-refractivity contribution in [1.29, 1.82) is 0 Å². The fraction of sp³-hybridized carbons (Fsp3) is 0.208. The topological polar surface area (TPSA) is 64.0 Å².